The van der Waals surface area contributed by atoms with E-state index in [2.05, 4.69) is 5.32 Å². The lowest BCUT2D eigenvalue weighted by molar-refractivity contribution is -0.183. The van der Waals surface area contributed by atoms with Crippen molar-refractivity contribution in [3.63, 3.8) is 0 Å². The Hall–Kier alpha value is -2.25. The molecule has 0 radical (unpaired) electrons. The Labute approximate surface area is 150 Å². The molecule has 2 amide bonds. The molecule has 1 aromatic rings. The number of rotatable bonds is 3. The van der Waals surface area contributed by atoms with E-state index >= 15 is 0 Å². The standard InChI is InChI=1S/C18H23F3N2O3/c1-17(2,3)26-16(25)23-10-13(14(11-23)18(19,20)21)15(24)22-9-12-7-5-4-6-8-12/h4-8,13-14H,9-11H2,1-3H3,(H,22,24)/t13-,14-/m0/s1. The number of halogens is 3. The quantitative estimate of drug-likeness (QED) is 0.885. The van der Waals surface area contributed by atoms with Crippen molar-refractivity contribution in [2.75, 3.05) is 13.1 Å². The Morgan fingerprint density at radius 3 is 2.31 bits per heavy atom. The van der Waals surface area contributed by atoms with Gasteiger partial charge in [-0.15, -0.1) is 0 Å². The third kappa shape index (κ3) is 5.37. The minimum absolute atomic E-state index is 0.132. The molecule has 0 unspecified atom stereocenters. The van der Waals surface area contributed by atoms with E-state index in [9.17, 15) is 22.8 Å². The van der Waals surface area contributed by atoms with Gasteiger partial charge in [0, 0.05) is 19.6 Å². The minimum Gasteiger partial charge on any atom is -0.444 e. The largest absolute Gasteiger partial charge is 0.444 e. The monoisotopic (exact) mass is 372 g/mol. The van der Waals surface area contributed by atoms with Crippen LogP contribution in [0.2, 0.25) is 0 Å². The van der Waals surface area contributed by atoms with Crippen molar-refractivity contribution in [3.8, 4) is 0 Å². The number of carbonyl (C=O) groups is 2. The maximum absolute atomic E-state index is 13.4. The van der Waals surface area contributed by atoms with Crippen molar-refractivity contribution >= 4 is 12.0 Å². The molecular formula is C18H23F3N2O3. The number of hydrogen-bond acceptors (Lipinski definition) is 3. The van der Waals surface area contributed by atoms with Crippen molar-refractivity contribution in [1.29, 1.82) is 0 Å². The molecule has 1 heterocycles. The molecule has 2 atom stereocenters. The van der Waals surface area contributed by atoms with Gasteiger partial charge in [-0.3, -0.25) is 4.79 Å². The lowest BCUT2D eigenvalue weighted by atomic mass is 9.94. The molecule has 144 valence electrons. The van der Waals surface area contributed by atoms with Crippen molar-refractivity contribution in [3.05, 3.63) is 35.9 Å². The zero-order valence-electron chi connectivity index (χ0n) is 15.0. The van der Waals surface area contributed by atoms with Gasteiger partial charge in [0.1, 0.15) is 5.60 Å². The van der Waals surface area contributed by atoms with Crippen LogP contribution in [0.15, 0.2) is 30.3 Å². The number of benzene rings is 1. The Bertz CT molecular complexity index is 641. The van der Waals surface area contributed by atoms with E-state index in [0.717, 1.165) is 10.5 Å². The Balaban J connectivity index is 2.06. The summed E-state index contributed by atoms with van der Waals surface area (Å²) in [5, 5.41) is 2.53. The van der Waals surface area contributed by atoms with E-state index in [-0.39, 0.29) is 13.1 Å². The molecule has 1 aromatic carbocycles. The normalized spacial score (nSPS) is 20.8. The summed E-state index contributed by atoms with van der Waals surface area (Å²) in [5.74, 6) is -3.99. The molecule has 5 nitrogen and oxygen atoms in total. The van der Waals surface area contributed by atoms with Crippen LogP contribution in [0.3, 0.4) is 0 Å². The average Bonchev–Trinajstić information content (AvgIpc) is 2.98. The van der Waals surface area contributed by atoms with Crippen molar-refractivity contribution < 1.29 is 27.5 Å². The molecule has 1 saturated heterocycles. The minimum atomic E-state index is -4.58. The Morgan fingerprint density at radius 2 is 1.77 bits per heavy atom. The number of hydrogen-bond donors (Lipinski definition) is 1. The molecule has 2 rings (SSSR count). The highest BCUT2D eigenvalue weighted by molar-refractivity contribution is 5.81. The Morgan fingerprint density at radius 1 is 1.15 bits per heavy atom. The number of alkyl halides is 3. The van der Waals surface area contributed by atoms with Crippen LogP contribution < -0.4 is 5.32 Å². The summed E-state index contributed by atoms with van der Waals surface area (Å²) in [6.45, 7) is 4.12. The fourth-order valence-electron chi connectivity index (χ4n) is 2.79. The summed E-state index contributed by atoms with van der Waals surface area (Å²) in [7, 11) is 0. The first-order valence-electron chi connectivity index (χ1n) is 8.33. The number of nitrogens with zero attached hydrogens (tertiary/aromatic N) is 1. The van der Waals surface area contributed by atoms with Crippen LogP contribution in [0.25, 0.3) is 0 Å². The van der Waals surface area contributed by atoms with E-state index in [1.807, 2.05) is 0 Å². The number of likely N-dealkylation sites (tertiary alicyclic amines) is 1. The molecule has 8 heteroatoms. The van der Waals surface area contributed by atoms with Crippen molar-refractivity contribution in [2.45, 2.75) is 39.1 Å². The van der Waals surface area contributed by atoms with Crippen LogP contribution in [-0.2, 0) is 16.1 Å². The molecule has 0 bridgehead atoms. The van der Waals surface area contributed by atoms with Crippen LogP contribution in [0.4, 0.5) is 18.0 Å². The van der Waals surface area contributed by atoms with Gasteiger partial charge < -0.3 is 15.0 Å². The third-order valence-corrected chi connectivity index (χ3v) is 4.04. The molecule has 0 saturated carbocycles. The predicted octanol–water partition coefficient (Wildman–Crippen LogP) is 3.35. The zero-order valence-corrected chi connectivity index (χ0v) is 15.0. The summed E-state index contributed by atoms with van der Waals surface area (Å²) in [6.07, 6.45) is -5.42. The molecule has 1 fully saturated rings. The van der Waals surface area contributed by atoms with Crippen LogP contribution in [0.5, 0.6) is 0 Å². The van der Waals surface area contributed by atoms with Gasteiger partial charge in [0.15, 0.2) is 0 Å². The van der Waals surface area contributed by atoms with Gasteiger partial charge >= 0.3 is 12.3 Å². The number of nitrogens with one attached hydrogen (secondary N) is 1. The van der Waals surface area contributed by atoms with Gasteiger partial charge in [-0.2, -0.15) is 13.2 Å². The lowest BCUT2D eigenvalue weighted by Crippen LogP contribution is -2.39. The van der Waals surface area contributed by atoms with E-state index in [1.165, 1.54) is 0 Å². The summed E-state index contributed by atoms with van der Waals surface area (Å²) in [5.41, 5.74) is -0.0373. The van der Waals surface area contributed by atoms with Crippen molar-refractivity contribution in [1.82, 2.24) is 10.2 Å². The first kappa shape index (κ1) is 20.1. The fraction of sp³-hybridized carbons (Fsp3) is 0.556. The topological polar surface area (TPSA) is 58.6 Å². The number of amides is 2. The molecule has 0 aliphatic carbocycles. The van der Waals surface area contributed by atoms with Gasteiger partial charge in [-0.25, -0.2) is 4.79 Å². The molecule has 0 aromatic heterocycles. The maximum Gasteiger partial charge on any atom is 0.410 e. The summed E-state index contributed by atoms with van der Waals surface area (Å²) in [4.78, 5) is 25.4. The van der Waals surface area contributed by atoms with E-state index in [4.69, 9.17) is 4.74 Å². The highest BCUT2D eigenvalue weighted by atomic mass is 19.4. The van der Waals surface area contributed by atoms with Crippen LogP contribution in [0.1, 0.15) is 26.3 Å². The third-order valence-electron chi connectivity index (χ3n) is 4.04. The molecule has 0 spiro atoms. The maximum atomic E-state index is 13.4. The van der Waals surface area contributed by atoms with Gasteiger partial charge in [0.2, 0.25) is 5.91 Å². The van der Waals surface area contributed by atoms with Crippen molar-refractivity contribution in [2.24, 2.45) is 11.8 Å². The number of ether oxygens (including phenoxy) is 1. The predicted molar refractivity (Wildman–Crippen MR) is 89.1 cm³/mol. The van der Waals surface area contributed by atoms with Gasteiger partial charge in [-0.05, 0) is 26.3 Å². The SMILES string of the molecule is CC(C)(C)OC(=O)N1C[C@H](C(=O)NCc2ccccc2)[C@@H](C(F)(F)F)C1. The van der Waals surface area contributed by atoms with Gasteiger partial charge in [0.05, 0.1) is 11.8 Å². The smallest absolute Gasteiger partial charge is 0.410 e. The first-order valence-corrected chi connectivity index (χ1v) is 8.33. The van der Waals surface area contributed by atoms with E-state index in [1.54, 1.807) is 51.1 Å². The summed E-state index contributed by atoms with van der Waals surface area (Å²) in [6, 6.07) is 8.90. The fourth-order valence-corrected chi connectivity index (χ4v) is 2.79. The average molecular weight is 372 g/mol. The first-order chi connectivity index (χ1) is 12.0. The molecule has 1 N–H and O–H groups in total. The lowest BCUT2D eigenvalue weighted by Gasteiger charge is -2.24. The number of carbonyl (C=O) groups excluding carboxylic acids is 2. The van der Waals surface area contributed by atoms with Crippen LogP contribution in [0, 0.1) is 11.8 Å². The highest BCUT2D eigenvalue weighted by Gasteiger charge is 2.53. The van der Waals surface area contributed by atoms with E-state index in [0.29, 0.717) is 0 Å². The summed E-state index contributed by atoms with van der Waals surface area (Å²) >= 11 is 0. The zero-order chi connectivity index (χ0) is 19.5. The second kappa shape index (κ2) is 7.55. The van der Waals surface area contributed by atoms with Crippen LogP contribution >= 0.6 is 0 Å². The Kier molecular flexibility index (Phi) is 5.83. The van der Waals surface area contributed by atoms with Gasteiger partial charge in [0.25, 0.3) is 0 Å². The molecular weight excluding hydrogens is 349 g/mol. The molecule has 26 heavy (non-hydrogen) atoms. The highest BCUT2D eigenvalue weighted by Crippen LogP contribution is 2.38. The molecule has 1 aliphatic heterocycles. The summed E-state index contributed by atoms with van der Waals surface area (Å²) < 4.78 is 45.2. The van der Waals surface area contributed by atoms with Crippen LogP contribution in [-0.4, -0.2) is 41.8 Å². The second-order valence-electron chi connectivity index (χ2n) is 7.34. The van der Waals surface area contributed by atoms with Gasteiger partial charge in [-0.1, -0.05) is 30.3 Å². The molecule has 1 aliphatic rings. The second-order valence-corrected chi connectivity index (χ2v) is 7.34. The van der Waals surface area contributed by atoms with E-state index < -0.39 is 42.2 Å².